The number of nitrogens with zero attached hydrogens (tertiary/aromatic N) is 4. The van der Waals surface area contributed by atoms with E-state index in [0.717, 1.165) is 39.0 Å². The van der Waals surface area contributed by atoms with E-state index in [9.17, 15) is 10.1 Å². The second-order valence-electron chi connectivity index (χ2n) is 5.19. The molecule has 7 heteroatoms. The highest BCUT2D eigenvalue weighted by Gasteiger charge is 2.19. The number of nitrogens with one attached hydrogen (secondary N) is 1. The lowest BCUT2D eigenvalue weighted by atomic mass is 9.97. The van der Waals surface area contributed by atoms with E-state index in [2.05, 4.69) is 22.1 Å². The maximum absolute atomic E-state index is 10.7. The van der Waals surface area contributed by atoms with Gasteiger partial charge in [-0.2, -0.15) is 5.26 Å². The summed E-state index contributed by atoms with van der Waals surface area (Å²) in [6.45, 7) is 6.27. The van der Waals surface area contributed by atoms with Gasteiger partial charge in [-0.3, -0.25) is 10.1 Å². The zero-order valence-electron chi connectivity index (χ0n) is 12.1. The minimum Gasteiger partial charge on any atom is -0.370 e. The summed E-state index contributed by atoms with van der Waals surface area (Å²) in [6.07, 6.45) is 2.28. The van der Waals surface area contributed by atoms with Crippen LogP contribution in [0.5, 0.6) is 0 Å². The first-order valence-electron chi connectivity index (χ1n) is 7.15. The van der Waals surface area contributed by atoms with Crippen LogP contribution in [0.2, 0.25) is 0 Å². The molecular weight excluding hydrogens is 270 g/mol. The van der Waals surface area contributed by atoms with Crippen LogP contribution in [0.1, 0.15) is 25.5 Å². The largest absolute Gasteiger partial charge is 0.370 e. The summed E-state index contributed by atoms with van der Waals surface area (Å²) < 4.78 is 0. The molecule has 1 aromatic rings. The number of nitro groups is 1. The summed E-state index contributed by atoms with van der Waals surface area (Å²) in [4.78, 5) is 16.6. The van der Waals surface area contributed by atoms with Crippen LogP contribution in [0.3, 0.4) is 0 Å². The monoisotopic (exact) mass is 289 g/mol. The van der Waals surface area contributed by atoms with Crippen molar-refractivity contribution in [2.24, 2.45) is 5.92 Å². The van der Waals surface area contributed by atoms with Crippen LogP contribution >= 0.6 is 0 Å². The molecule has 0 amide bonds. The Morgan fingerprint density at radius 1 is 1.52 bits per heavy atom. The average Bonchev–Trinajstić information content (AvgIpc) is 2.52. The molecule has 0 unspecified atom stereocenters. The van der Waals surface area contributed by atoms with Gasteiger partial charge < -0.3 is 10.2 Å². The van der Waals surface area contributed by atoms with Crippen molar-refractivity contribution in [3.05, 3.63) is 27.9 Å². The molecule has 0 spiro atoms. The van der Waals surface area contributed by atoms with Gasteiger partial charge in [0.2, 0.25) is 5.69 Å². The molecule has 0 bridgehead atoms. The number of hydrogen-bond acceptors (Lipinski definition) is 6. The predicted octanol–water partition coefficient (Wildman–Crippen LogP) is 2.01. The van der Waals surface area contributed by atoms with Crippen LogP contribution in [0, 0.1) is 27.4 Å². The second kappa shape index (κ2) is 6.99. The fourth-order valence-corrected chi connectivity index (χ4v) is 2.54. The van der Waals surface area contributed by atoms with Gasteiger partial charge in [-0.25, -0.2) is 4.98 Å². The van der Waals surface area contributed by atoms with Crippen molar-refractivity contribution in [1.82, 2.24) is 9.88 Å². The van der Waals surface area contributed by atoms with Crippen LogP contribution in [0.25, 0.3) is 0 Å². The van der Waals surface area contributed by atoms with Crippen LogP contribution < -0.4 is 5.32 Å². The summed E-state index contributed by atoms with van der Waals surface area (Å²) in [7, 11) is 0. The van der Waals surface area contributed by atoms with E-state index in [1.165, 1.54) is 6.07 Å². The number of rotatable bonds is 5. The predicted molar refractivity (Wildman–Crippen MR) is 78.9 cm³/mol. The van der Waals surface area contributed by atoms with Crippen LogP contribution in [0.15, 0.2) is 12.1 Å². The molecule has 0 aromatic carbocycles. The van der Waals surface area contributed by atoms with Gasteiger partial charge in [0.25, 0.3) is 0 Å². The second-order valence-corrected chi connectivity index (χ2v) is 5.19. The lowest BCUT2D eigenvalue weighted by molar-refractivity contribution is -0.385. The van der Waals surface area contributed by atoms with Gasteiger partial charge in [0.05, 0.1) is 4.92 Å². The number of anilines is 1. The number of nitriles is 1. The quantitative estimate of drug-likeness (QED) is 0.658. The molecular formula is C14H19N5O2. The Morgan fingerprint density at radius 2 is 2.24 bits per heavy atom. The van der Waals surface area contributed by atoms with Crippen LogP contribution in [0.4, 0.5) is 11.5 Å². The molecule has 0 aliphatic carbocycles. The molecule has 1 aliphatic heterocycles. The molecule has 0 atom stereocenters. The van der Waals surface area contributed by atoms with E-state index in [4.69, 9.17) is 5.26 Å². The van der Waals surface area contributed by atoms with Gasteiger partial charge >= 0.3 is 5.69 Å². The van der Waals surface area contributed by atoms with Gasteiger partial charge in [-0.1, -0.05) is 6.92 Å². The lowest BCUT2D eigenvalue weighted by Crippen LogP contribution is -2.35. The molecule has 1 N–H and O–H groups in total. The minimum atomic E-state index is -0.587. The Balaban J connectivity index is 1.92. The van der Waals surface area contributed by atoms with E-state index in [1.54, 1.807) is 12.1 Å². The van der Waals surface area contributed by atoms with E-state index < -0.39 is 4.92 Å². The highest BCUT2D eigenvalue weighted by atomic mass is 16.6. The van der Waals surface area contributed by atoms with E-state index >= 15 is 0 Å². The van der Waals surface area contributed by atoms with Crippen molar-refractivity contribution < 1.29 is 4.92 Å². The average molecular weight is 289 g/mol. The molecule has 1 aliphatic rings. The lowest BCUT2D eigenvalue weighted by Gasteiger charge is -2.31. The summed E-state index contributed by atoms with van der Waals surface area (Å²) in [5.74, 6) is 1.10. The Kier molecular flexibility index (Phi) is 5.06. The first-order chi connectivity index (χ1) is 10.1. The first kappa shape index (κ1) is 15.2. The van der Waals surface area contributed by atoms with Crippen LogP contribution in [-0.2, 0) is 0 Å². The number of aromatic nitrogens is 1. The van der Waals surface area contributed by atoms with E-state index in [-0.39, 0.29) is 11.4 Å². The van der Waals surface area contributed by atoms with Crippen molar-refractivity contribution in [3.8, 4) is 6.07 Å². The molecule has 21 heavy (non-hydrogen) atoms. The normalized spacial score (nSPS) is 16.4. The summed E-state index contributed by atoms with van der Waals surface area (Å²) in [6, 6.07) is 4.65. The van der Waals surface area contributed by atoms with Crippen LogP contribution in [-0.4, -0.2) is 41.0 Å². The van der Waals surface area contributed by atoms with Gasteiger partial charge in [-0.05, 0) is 44.5 Å². The zero-order chi connectivity index (χ0) is 15.2. The third-order valence-corrected chi connectivity index (χ3v) is 3.90. The third-order valence-electron chi connectivity index (χ3n) is 3.90. The molecule has 2 rings (SSSR count). The maximum Gasteiger partial charge on any atom is 0.305 e. The van der Waals surface area contributed by atoms with Crippen molar-refractivity contribution >= 4 is 11.5 Å². The fourth-order valence-electron chi connectivity index (χ4n) is 2.54. The van der Waals surface area contributed by atoms with Gasteiger partial charge in [0.1, 0.15) is 11.9 Å². The van der Waals surface area contributed by atoms with E-state index in [0.29, 0.717) is 11.7 Å². The number of pyridine rings is 1. The standard InChI is InChI=1S/C14H19N5O2/c1-2-18-7-5-11(6-8-18)10-16-14-4-3-13(19(20)21)12(9-15)17-14/h3-4,11H,2,5-8,10H2,1H3,(H,16,17). The molecule has 0 radical (unpaired) electrons. The highest BCUT2D eigenvalue weighted by Crippen LogP contribution is 2.20. The summed E-state index contributed by atoms with van der Waals surface area (Å²) >= 11 is 0. The molecule has 2 heterocycles. The van der Waals surface area contributed by atoms with Gasteiger partial charge in [-0.15, -0.1) is 0 Å². The van der Waals surface area contributed by atoms with Gasteiger partial charge in [0, 0.05) is 12.6 Å². The highest BCUT2D eigenvalue weighted by molar-refractivity contribution is 5.50. The Morgan fingerprint density at radius 3 is 2.81 bits per heavy atom. The third kappa shape index (κ3) is 3.89. The number of hydrogen-bond donors (Lipinski definition) is 1. The Labute approximate surface area is 123 Å². The summed E-state index contributed by atoms with van der Waals surface area (Å²) in [5, 5.41) is 22.8. The zero-order valence-corrected chi connectivity index (χ0v) is 12.1. The maximum atomic E-state index is 10.7. The first-order valence-corrected chi connectivity index (χ1v) is 7.15. The molecule has 1 saturated heterocycles. The Hall–Kier alpha value is -2.20. The van der Waals surface area contributed by atoms with Crippen molar-refractivity contribution in [3.63, 3.8) is 0 Å². The molecule has 0 saturated carbocycles. The molecule has 7 nitrogen and oxygen atoms in total. The smallest absolute Gasteiger partial charge is 0.305 e. The van der Waals surface area contributed by atoms with E-state index in [1.807, 2.05) is 0 Å². The van der Waals surface area contributed by atoms with Crippen molar-refractivity contribution in [2.45, 2.75) is 19.8 Å². The Bertz CT molecular complexity index is 547. The topological polar surface area (TPSA) is 95.1 Å². The summed E-state index contributed by atoms with van der Waals surface area (Å²) in [5.41, 5.74) is -0.398. The SMILES string of the molecule is CCN1CCC(CNc2ccc([N+](=O)[O-])c(C#N)n2)CC1. The molecule has 1 fully saturated rings. The van der Waals surface area contributed by atoms with Gasteiger partial charge in [0.15, 0.2) is 0 Å². The fraction of sp³-hybridized carbons (Fsp3) is 0.571. The molecule has 1 aromatic heterocycles. The number of likely N-dealkylation sites (tertiary alicyclic amines) is 1. The minimum absolute atomic E-state index is 0.147. The molecule has 112 valence electrons. The van der Waals surface area contributed by atoms with Crippen molar-refractivity contribution in [2.75, 3.05) is 31.5 Å². The van der Waals surface area contributed by atoms with Crippen molar-refractivity contribution in [1.29, 1.82) is 5.26 Å². The number of piperidine rings is 1.